The highest BCUT2D eigenvalue weighted by molar-refractivity contribution is 6.11. The van der Waals surface area contributed by atoms with Crippen LogP contribution in [0.2, 0.25) is 0 Å². The van der Waals surface area contributed by atoms with E-state index >= 15 is 0 Å². The zero-order valence-corrected chi connectivity index (χ0v) is 43.0. The Hall–Kier alpha value is -3.28. The van der Waals surface area contributed by atoms with Crippen molar-refractivity contribution < 1.29 is 113 Å². The van der Waals surface area contributed by atoms with Crippen LogP contribution in [0.4, 0.5) is 0 Å². The quantitative estimate of drug-likeness (QED) is 0.122. The fourth-order valence-corrected chi connectivity index (χ4v) is 11.3. The number of methoxy groups -OCH3 is 1. The summed E-state index contributed by atoms with van der Waals surface area (Å²) in [5.41, 5.74) is -1.28. The number of ketones is 2. The summed E-state index contributed by atoms with van der Waals surface area (Å²) in [4.78, 5) is 27.6. The number of aromatic hydroxyl groups is 2. The molecule has 0 saturated carbocycles. The van der Waals surface area contributed by atoms with Crippen LogP contribution in [-0.4, -0.2) is 211 Å². The van der Waals surface area contributed by atoms with Gasteiger partial charge in [0.1, 0.15) is 60.0 Å². The lowest BCUT2D eigenvalue weighted by Gasteiger charge is -2.46. The number of carbonyl (C=O) groups is 2. The summed E-state index contributed by atoms with van der Waals surface area (Å²) < 4.78 is 66.5. The van der Waals surface area contributed by atoms with E-state index in [1.807, 2.05) is 0 Å². The molecule has 10 N–H and O–H groups in total. The molecule has 23 heteroatoms. The normalized spacial score (nSPS) is 42.9. The first-order valence-electron chi connectivity index (χ1n) is 25.4. The molecule has 23 nitrogen and oxygen atoms in total. The molecule has 0 aromatic heterocycles. The van der Waals surface area contributed by atoms with Crippen molar-refractivity contribution in [3.63, 3.8) is 0 Å². The largest absolute Gasteiger partial charge is 0.507 e. The highest BCUT2D eigenvalue weighted by Gasteiger charge is 2.51. The van der Waals surface area contributed by atoms with Crippen LogP contribution in [0.3, 0.4) is 0 Å². The predicted molar refractivity (Wildman–Crippen MR) is 253 cm³/mol. The molecule has 0 spiro atoms. The van der Waals surface area contributed by atoms with Crippen LogP contribution in [0.5, 0.6) is 17.2 Å². The third-order valence-electron chi connectivity index (χ3n) is 15.6. The second kappa shape index (κ2) is 22.6. The minimum absolute atomic E-state index is 0.0155. The van der Waals surface area contributed by atoms with Gasteiger partial charge in [-0.15, -0.1) is 0 Å². The van der Waals surface area contributed by atoms with Gasteiger partial charge < -0.3 is 103 Å². The van der Waals surface area contributed by atoms with Crippen LogP contribution in [0.15, 0.2) is 12.1 Å². The second-order valence-electron chi connectivity index (χ2n) is 21.2. The standard InChI is InChI=1S/C51H74O23/c1-18-30(70-35-15-31(43(58)21(4)66-35)71-33-13-28(53)42(57)20(3)65-33)12-26-10-25-11-27(48(64-9)41(56)19(2)52)49(46(61)39(25)45(60)38(26)40(18)55)73-36-16-32(44(59)22(5)67-36)72-34-14-29(54)47(23(6)68-34)74-37-17-51(8,63)50(62)24(7)69-37/h10,12,20-24,27-29,31-37,41-44,47-50,53-60,62-63H,11,13-17H2,1-9H3/t20-,21-,22-,23-,24-,27+,28-,29-,31-,32-,33+,34-,35+,36+,37+,41+,42-,43-,44-,47+,48+,49+,50-,51+/m1/s1. The molecule has 24 atom stereocenters. The monoisotopic (exact) mass is 1050 g/mol. The summed E-state index contributed by atoms with van der Waals surface area (Å²) in [6.45, 7) is 12.2. The van der Waals surface area contributed by atoms with E-state index in [1.54, 1.807) is 40.7 Å². The van der Waals surface area contributed by atoms with Crippen molar-refractivity contribution in [1.29, 1.82) is 0 Å². The van der Waals surface area contributed by atoms with Gasteiger partial charge in [0.05, 0.1) is 77.6 Å². The number of Topliss-reactive ketones (excluding diaryl/α,β-unsaturated/α-hetero) is 2. The van der Waals surface area contributed by atoms with Gasteiger partial charge in [0.15, 0.2) is 36.7 Å². The minimum atomic E-state index is -1.72. The Labute approximate surface area is 428 Å². The number of ether oxygens (including phenoxy) is 11. The number of phenols is 2. The van der Waals surface area contributed by atoms with Crippen LogP contribution in [0.1, 0.15) is 102 Å². The first kappa shape index (κ1) is 56.9. The van der Waals surface area contributed by atoms with Crippen LogP contribution in [-0.2, 0) is 58.6 Å². The molecule has 416 valence electrons. The highest BCUT2D eigenvalue weighted by atomic mass is 16.7. The van der Waals surface area contributed by atoms with Crippen LogP contribution in [0, 0.1) is 12.8 Å². The molecular formula is C51H74O23. The Kier molecular flexibility index (Phi) is 17.4. The van der Waals surface area contributed by atoms with Gasteiger partial charge in [-0.25, -0.2) is 0 Å². The van der Waals surface area contributed by atoms with E-state index in [9.17, 15) is 60.7 Å². The van der Waals surface area contributed by atoms with Crippen LogP contribution >= 0.6 is 0 Å². The molecule has 5 fully saturated rings. The van der Waals surface area contributed by atoms with E-state index in [0.29, 0.717) is 0 Å². The van der Waals surface area contributed by atoms with E-state index in [0.717, 1.165) is 6.92 Å². The molecule has 0 unspecified atom stereocenters. The summed E-state index contributed by atoms with van der Waals surface area (Å²) in [5, 5.41) is 110. The Morgan fingerprint density at radius 2 is 1.24 bits per heavy atom. The van der Waals surface area contributed by atoms with Crippen molar-refractivity contribution in [2.24, 2.45) is 5.92 Å². The molecule has 0 radical (unpaired) electrons. The molecule has 2 aromatic carbocycles. The number of aliphatic hydroxyl groups excluding tert-OH is 7. The maximum absolute atomic E-state index is 14.9. The third kappa shape index (κ3) is 11.5. The molecule has 1 aliphatic carbocycles. The Balaban J connectivity index is 1.01. The summed E-state index contributed by atoms with van der Waals surface area (Å²) in [6, 6.07) is 3.11. The Morgan fingerprint density at radius 1 is 0.703 bits per heavy atom. The molecule has 5 saturated heterocycles. The van der Waals surface area contributed by atoms with E-state index in [2.05, 4.69) is 0 Å². The van der Waals surface area contributed by atoms with E-state index in [-0.39, 0.29) is 71.7 Å². The first-order valence-corrected chi connectivity index (χ1v) is 25.4. The topological polar surface area (TPSA) is 338 Å². The summed E-state index contributed by atoms with van der Waals surface area (Å²) in [7, 11) is 1.26. The number of rotatable bonds is 14. The molecular weight excluding hydrogens is 981 g/mol. The van der Waals surface area contributed by atoms with Crippen LogP contribution < -0.4 is 4.74 Å². The second-order valence-corrected chi connectivity index (χ2v) is 21.2. The molecule has 5 heterocycles. The predicted octanol–water partition coefficient (Wildman–Crippen LogP) is 0.390. The maximum atomic E-state index is 14.9. The van der Waals surface area contributed by atoms with Gasteiger partial charge in [-0.05, 0) is 84.9 Å². The average Bonchev–Trinajstić information content (AvgIpc) is 3.31. The number of carbonyl (C=O) groups excluding carboxylic acids is 2. The third-order valence-corrected chi connectivity index (χ3v) is 15.6. The van der Waals surface area contributed by atoms with Crippen LogP contribution in [0.25, 0.3) is 10.8 Å². The van der Waals surface area contributed by atoms with Gasteiger partial charge in [-0.3, -0.25) is 9.59 Å². The zero-order chi connectivity index (χ0) is 54.0. The molecule has 2 aromatic rings. The van der Waals surface area contributed by atoms with Crippen molar-refractivity contribution >= 4 is 22.3 Å². The molecule has 74 heavy (non-hydrogen) atoms. The smallest absolute Gasteiger partial charge is 0.202 e. The highest BCUT2D eigenvalue weighted by Crippen LogP contribution is 2.48. The van der Waals surface area contributed by atoms with Gasteiger partial charge in [-0.1, -0.05) is 0 Å². The van der Waals surface area contributed by atoms with Crippen molar-refractivity contribution in [2.45, 2.75) is 235 Å². The Bertz CT molecular complexity index is 2290. The lowest BCUT2D eigenvalue weighted by atomic mass is 9.75. The minimum Gasteiger partial charge on any atom is -0.507 e. The summed E-state index contributed by atoms with van der Waals surface area (Å²) in [5.74, 6) is -3.41. The molecule has 6 aliphatic rings. The lowest BCUT2D eigenvalue weighted by molar-refractivity contribution is -0.337. The number of hydrogen-bond acceptors (Lipinski definition) is 23. The van der Waals surface area contributed by atoms with Gasteiger partial charge in [0.2, 0.25) is 6.29 Å². The molecule has 0 bridgehead atoms. The van der Waals surface area contributed by atoms with Crippen molar-refractivity contribution in [2.75, 3.05) is 7.11 Å². The zero-order valence-electron chi connectivity index (χ0n) is 43.0. The van der Waals surface area contributed by atoms with Crippen molar-refractivity contribution in [3.05, 3.63) is 28.8 Å². The molecule has 8 rings (SSSR count). The first-order chi connectivity index (χ1) is 34.8. The number of fused-ring (bicyclic) bond motifs is 2. The van der Waals surface area contributed by atoms with Crippen molar-refractivity contribution in [1.82, 2.24) is 0 Å². The van der Waals surface area contributed by atoms with Gasteiger partial charge in [0, 0.05) is 50.7 Å². The summed E-state index contributed by atoms with van der Waals surface area (Å²) in [6.07, 6.45) is -24.1. The van der Waals surface area contributed by atoms with Gasteiger partial charge in [-0.2, -0.15) is 0 Å². The van der Waals surface area contributed by atoms with E-state index < -0.39 is 170 Å². The fraction of sp³-hybridized carbons (Fsp3) is 0.765. The number of benzene rings is 2. The number of hydrogen-bond donors (Lipinski definition) is 10. The van der Waals surface area contributed by atoms with E-state index in [1.165, 1.54) is 27.0 Å². The van der Waals surface area contributed by atoms with E-state index in [4.69, 9.17) is 52.1 Å². The van der Waals surface area contributed by atoms with Gasteiger partial charge >= 0.3 is 0 Å². The van der Waals surface area contributed by atoms with Gasteiger partial charge in [0.25, 0.3) is 0 Å². The maximum Gasteiger partial charge on any atom is 0.202 e. The SMILES string of the molecule is CO[C@@H]([C@@H]1Cc2cc3cc(O[C@H]4C[C@@H](O[C@H]5C[C@@H](O)[C@H](O)[C@@H](C)O5)[C@H](O)[C@@H](C)O4)c(C)c(O)c3c(O)c2C(=O)[C@H]1O[C@H]1C[C@@H](O[C@@H]2C[C@@H](O)[C@@H](O[C@H]3C[C@](C)(O)[C@H](O)[C@@H](C)O3)[C@@H](C)O2)[C@H](O)[C@@H](C)O1)[C@@H](O)C(C)=O. The number of phenolic OH excluding ortho intramolecular Hbond substituents is 2. The van der Waals surface area contributed by atoms with Crippen molar-refractivity contribution in [3.8, 4) is 17.2 Å². The average molecular weight is 1060 g/mol. The number of aliphatic hydroxyl groups is 8. The lowest BCUT2D eigenvalue weighted by Crippen LogP contribution is -2.58. The molecule has 0 amide bonds. The summed E-state index contributed by atoms with van der Waals surface area (Å²) >= 11 is 0. The Morgan fingerprint density at radius 3 is 1.81 bits per heavy atom. The fourth-order valence-electron chi connectivity index (χ4n) is 11.3. The molecule has 5 aliphatic heterocycles.